The highest BCUT2D eigenvalue weighted by Crippen LogP contribution is 2.19. The van der Waals surface area contributed by atoms with Crippen molar-refractivity contribution >= 4 is 34.5 Å². The van der Waals surface area contributed by atoms with E-state index in [9.17, 15) is 14.0 Å². The molecule has 9 nitrogen and oxygen atoms in total. The number of amides is 2. The van der Waals surface area contributed by atoms with Gasteiger partial charge in [-0.3, -0.25) is 14.5 Å². The standard InChI is InChI=1S/C24H27FN6O3S/c1-30(15-21(32)27-19-6-8-20(9-7-19)31-10-12-34-13-11-31)16-22-28-29-24(35-22)23(33)26-14-17-2-4-18(25)5-3-17/h2-9H,10-16H2,1H3,(H,26,33)(H,27,32). The molecule has 2 heterocycles. The van der Waals surface area contributed by atoms with Crippen LogP contribution < -0.4 is 15.5 Å². The summed E-state index contributed by atoms with van der Waals surface area (Å²) in [5.41, 5.74) is 2.62. The van der Waals surface area contributed by atoms with E-state index >= 15 is 0 Å². The van der Waals surface area contributed by atoms with Crippen LogP contribution in [0.4, 0.5) is 15.8 Å². The second kappa shape index (κ2) is 11.8. The third-order valence-electron chi connectivity index (χ3n) is 5.37. The van der Waals surface area contributed by atoms with Crippen molar-refractivity contribution in [3.63, 3.8) is 0 Å². The second-order valence-corrected chi connectivity index (χ2v) is 9.24. The molecule has 1 aliphatic rings. The normalized spacial score (nSPS) is 13.6. The van der Waals surface area contributed by atoms with Crippen molar-refractivity contribution in [2.75, 3.05) is 50.1 Å². The predicted octanol–water partition coefficient (Wildman–Crippen LogP) is 2.51. The lowest BCUT2D eigenvalue weighted by molar-refractivity contribution is -0.117. The molecule has 3 aromatic rings. The highest BCUT2D eigenvalue weighted by molar-refractivity contribution is 7.13. The van der Waals surface area contributed by atoms with Gasteiger partial charge < -0.3 is 20.3 Å². The summed E-state index contributed by atoms with van der Waals surface area (Å²) in [5.74, 6) is -0.819. The van der Waals surface area contributed by atoms with E-state index < -0.39 is 0 Å². The number of anilines is 2. The fourth-order valence-corrected chi connectivity index (χ4v) is 4.42. The smallest absolute Gasteiger partial charge is 0.282 e. The van der Waals surface area contributed by atoms with Crippen molar-refractivity contribution in [3.8, 4) is 0 Å². The molecule has 0 radical (unpaired) electrons. The lowest BCUT2D eigenvalue weighted by Crippen LogP contribution is -2.36. The van der Waals surface area contributed by atoms with E-state index in [0.29, 0.717) is 11.6 Å². The van der Waals surface area contributed by atoms with Crippen LogP contribution in [0.15, 0.2) is 48.5 Å². The van der Waals surface area contributed by atoms with E-state index in [1.54, 1.807) is 24.1 Å². The van der Waals surface area contributed by atoms with Gasteiger partial charge in [0.15, 0.2) is 0 Å². The first-order valence-electron chi connectivity index (χ1n) is 11.2. The van der Waals surface area contributed by atoms with E-state index in [4.69, 9.17) is 4.74 Å². The van der Waals surface area contributed by atoms with Crippen LogP contribution >= 0.6 is 11.3 Å². The molecule has 0 aliphatic carbocycles. The molecule has 2 aromatic carbocycles. The van der Waals surface area contributed by atoms with Gasteiger partial charge in [0.25, 0.3) is 5.91 Å². The molecule has 0 atom stereocenters. The molecule has 1 saturated heterocycles. The number of likely N-dealkylation sites (N-methyl/N-ethyl adjacent to an activating group) is 1. The first-order valence-corrected chi connectivity index (χ1v) is 12.0. The number of morpholine rings is 1. The zero-order valence-electron chi connectivity index (χ0n) is 19.4. The number of nitrogens with zero attached hydrogens (tertiary/aromatic N) is 4. The maximum absolute atomic E-state index is 13.0. The molecule has 2 amide bonds. The van der Waals surface area contributed by atoms with Gasteiger partial charge in [-0.15, -0.1) is 10.2 Å². The quantitative estimate of drug-likeness (QED) is 0.468. The fourth-order valence-electron chi connectivity index (χ4n) is 3.58. The van der Waals surface area contributed by atoms with E-state index in [0.717, 1.165) is 43.2 Å². The first-order chi connectivity index (χ1) is 17.0. The van der Waals surface area contributed by atoms with Gasteiger partial charge in [0, 0.05) is 31.0 Å². The lowest BCUT2D eigenvalue weighted by atomic mass is 10.2. The van der Waals surface area contributed by atoms with Gasteiger partial charge in [0.2, 0.25) is 10.9 Å². The summed E-state index contributed by atoms with van der Waals surface area (Å²) in [6.07, 6.45) is 0. The summed E-state index contributed by atoms with van der Waals surface area (Å²) in [6, 6.07) is 13.7. The number of ether oxygens (including phenoxy) is 1. The molecule has 11 heteroatoms. The Kier molecular flexibility index (Phi) is 8.35. The fraction of sp³-hybridized carbons (Fsp3) is 0.333. The maximum atomic E-state index is 13.0. The van der Waals surface area contributed by atoms with Crippen LogP contribution in [0.3, 0.4) is 0 Å². The van der Waals surface area contributed by atoms with Crippen molar-refractivity contribution in [2.45, 2.75) is 13.1 Å². The number of halogens is 1. The molecule has 1 fully saturated rings. The van der Waals surface area contributed by atoms with Crippen molar-refractivity contribution in [3.05, 3.63) is 69.9 Å². The Morgan fingerprint density at radius 3 is 2.51 bits per heavy atom. The first kappa shape index (κ1) is 24.7. The summed E-state index contributed by atoms with van der Waals surface area (Å²) in [6.45, 7) is 3.98. The predicted molar refractivity (Wildman–Crippen MR) is 132 cm³/mol. The van der Waals surface area contributed by atoms with Crippen molar-refractivity contribution < 1.29 is 18.7 Å². The number of benzene rings is 2. The van der Waals surface area contributed by atoms with Crippen LogP contribution in [0.5, 0.6) is 0 Å². The van der Waals surface area contributed by atoms with E-state index in [1.165, 1.54) is 23.5 Å². The number of hydrogen-bond donors (Lipinski definition) is 2. The average Bonchev–Trinajstić information content (AvgIpc) is 3.33. The van der Waals surface area contributed by atoms with Crippen molar-refractivity contribution in [1.82, 2.24) is 20.4 Å². The monoisotopic (exact) mass is 498 g/mol. The largest absolute Gasteiger partial charge is 0.378 e. The molecule has 0 saturated carbocycles. The third-order valence-corrected chi connectivity index (χ3v) is 6.28. The zero-order chi connectivity index (χ0) is 24.6. The van der Waals surface area contributed by atoms with E-state index in [1.807, 2.05) is 24.3 Å². The lowest BCUT2D eigenvalue weighted by Gasteiger charge is -2.28. The van der Waals surface area contributed by atoms with Gasteiger partial charge in [0.05, 0.1) is 26.3 Å². The minimum absolute atomic E-state index is 0.145. The number of carbonyl (C=O) groups is 2. The molecule has 184 valence electrons. The molecular formula is C24H27FN6O3S. The molecule has 1 aliphatic heterocycles. The summed E-state index contributed by atoms with van der Waals surface area (Å²) < 4.78 is 18.4. The van der Waals surface area contributed by atoms with Crippen LogP contribution in [0.25, 0.3) is 0 Å². The van der Waals surface area contributed by atoms with Crippen LogP contribution in [0.2, 0.25) is 0 Å². The average molecular weight is 499 g/mol. The van der Waals surface area contributed by atoms with Gasteiger partial charge in [-0.1, -0.05) is 23.5 Å². The highest BCUT2D eigenvalue weighted by atomic mass is 32.1. The van der Waals surface area contributed by atoms with Crippen LogP contribution in [-0.2, 0) is 22.6 Å². The Morgan fingerprint density at radius 2 is 1.80 bits per heavy atom. The van der Waals surface area contributed by atoms with Gasteiger partial charge in [-0.2, -0.15) is 0 Å². The third kappa shape index (κ3) is 7.28. The summed E-state index contributed by atoms with van der Waals surface area (Å²) in [5, 5.41) is 14.5. The van der Waals surface area contributed by atoms with Crippen LogP contribution in [-0.4, -0.2) is 66.8 Å². The minimum Gasteiger partial charge on any atom is -0.378 e. The molecule has 0 spiro atoms. The van der Waals surface area contributed by atoms with E-state index in [-0.39, 0.29) is 35.7 Å². The van der Waals surface area contributed by atoms with Crippen LogP contribution in [0, 0.1) is 5.82 Å². The number of nitrogens with one attached hydrogen (secondary N) is 2. The molecule has 0 bridgehead atoms. The van der Waals surface area contributed by atoms with Crippen molar-refractivity contribution in [1.29, 1.82) is 0 Å². The molecule has 0 unspecified atom stereocenters. The highest BCUT2D eigenvalue weighted by Gasteiger charge is 2.16. The summed E-state index contributed by atoms with van der Waals surface area (Å²) in [7, 11) is 1.80. The SMILES string of the molecule is CN(CC(=O)Nc1ccc(N2CCOCC2)cc1)Cc1nnc(C(=O)NCc2ccc(F)cc2)s1. The van der Waals surface area contributed by atoms with Gasteiger partial charge in [0.1, 0.15) is 10.8 Å². The zero-order valence-corrected chi connectivity index (χ0v) is 20.2. The number of aromatic nitrogens is 2. The Bertz CT molecular complexity index is 1130. The summed E-state index contributed by atoms with van der Waals surface area (Å²) in [4.78, 5) is 28.8. The minimum atomic E-state index is -0.348. The molecule has 35 heavy (non-hydrogen) atoms. The number of rotatable bonds is 9. The maximum Gasteiger partial charge on any atom is 0.282 e. The Labute approximate surface area is 206 Å². The Balaban J connectivity index is 1.21. The topological polar surface area (TPSA) is 99.7 Å². The summed E-state index contributed by atoms with van der Waals surface area (Å²) >= 11 is 1.17. The van der Waals surface area contributed by atoms with Crippen LogP contribution in [0.1, 0.15) is 20.4 Å². The van der Waals surface area contributed by atoms with Gasteiger partial charge >= 0.3 is 0 Å². The van der Waals surface area contributed by atoms with Gasteiger partial charge in [-0.05, 0) is 49.0 Å². The molecular weight excluding hydrogens is 471 g/mol. The van der Waals surface area contributed by atoms with E-state index in [2.05, 4.69) is 25.7 Å². The molecule has 2 N–H and O–H groups in total. The van der Waals surface area contributed by atoms with Crippen molar-refractivity contribution in [2.24, 2.45) is 0 Å². The Morgan fingerprint density at radius 1 is 1.09 bits per heavy atom. The van der Waals surface area contributed by atoms with Gasteiger partial charge in [-0.25, -0.2) is 4.39 Å². The second-order valence-electron chi connectivity index (χ2n) is 8.18. The molecule has 4 rings (SSSR count). The number of carbonyl (C=O) groups excluding carboxylic acids is 2. The Hall–Kier alpha value is -3.41. The number of hydrogen-bond acceptors (Lipinski definition) is 8. The molecule has 1 aromatic heterocycles.